The predicted octanol–water partition coefficient (Wildman–Crippen LogP) is 3.32. The van der Waals surface area contributed by atoms with Gasteiger partial charge in [0.05, 0.1) is 5.56 Å². The number of rotatable bonds is 0. The molecule has 0 atom stereocenters. The molecule has 3 aliphatic rings. The molecule has 108 valence electrons. The fourth-order valence-electron chi connectivity index (χ4n) is 4.22. The first kappa shape index (κ1) is 12.7. The Morgan fingerprint density at radius 1 is 0.952 bits per heavy atom. The Bertz CT molecular complexity index is 704. The zero-order valence-electron chi connectivity index (χ0n) is 11.9. The van der Waals surface area contributed by atoms with Crippen molar-refractivity contribution in [2.75, 3.05) is 0 Å². The molecule has 0 aliphatic heterocycles. The maximum atomic E-state index is 12.3. The zero-order chi connectivity index (χ0) is 14.6. The lowest BCUT2D eigenvalue weighted by molar-refractivity contribution is 0.103. The van der Waals surface area contributed by atoms with Crippen LogP contribution in [0.3, 0.4) is 0 Å². The van der Waals surface area contributed by atoms with Crippen molar-refractivity contribution in [3.05, 3.63) is 46.6 Å². The van der Waals surface area contributed by atoms with E-state index in [9.17, 15) is 15.0 Å². The molecule has 1 saturated carbocycles. The summed E-state index contributed by atoms with van der Waals surface area (Å²) in [7, 11) is 0. The Morgan fingerprint density at radius 3 is 2.24 bits per heavy atom. The third-order valence-corrected chi connectivity index (χ3v) is 5.26. The van der Waals surface area contributed by atoms with E-state index in [4.69, 9.17) is 0 Å². The van der Waals surface area contributed by atoms with Crippen molar-refractivity contribution < 1.29 is 15.0 Å². The molecule has 21 heavy (non-hydrogen) atoms. The third kappa shape index (κ3) is 1.57. The molecular formula is C18H18O3. The van der Waals surface area contributed by atoms with E-state index in [1.54, 1.807) is 6.08 Å². The largest absolute Gasteiger partial charge is 0.507 e. The highest BCUT2D eigenvalue weighted by Gasteiger charge is 2.43. The summed E-state index contributed by atoms with van der Waals surface area (Å²) in [5, 5.41) is 21.4. The fourth-order valence-corrected chi connectivity index (χ4v) is 4.22. The molecule has 2 N–H and O–H groups in total. The van der Waals surface area contributed by atoms with Crippen molar-refractivity contribution in [2.45, 2.75) is 43.9 Å². The lowest BCUT2D eigenvalue weighted by Gasteiger charge is -2.34. The third-order valence-electron chi connectivity index (χ3n) is 5.26. The Kier molecular flexibility index (Phi) is 2.56. The lowest BCUT2D eigenvalue weighted by Crippen LogP contribution is -2.27. The van der Waals surface area contributed by atoms with Gasteiger partial charge in [0.2, 0.25) is 0 Å². The van der Waals surface area contributed by atoms with E-state index in [2.05, 4.69) is 0 Å². The number of carbonyl (C=O) groups is 1. The average Bonchev–Trinajstić information content (AvgIpc) is 2.97. The number of phenolic OH excluding ortho intramolecular Hbond substituents is 2. The monoisotopic (exact) mass is 282 g/mol. The minimum atomic E-state index is -0.263. The van der Waals surface area contributed by atoms with Crippen LogP contribution >= 0.6 is 0 Å². The molecule has 1 fully saturated rings. The van der Waals surface area contributed by atoms with Gasteiger partial charge in [0.15, 0.2) is 5.78 Å². The summed E-state index contributed by atoms with van der Waals surface area (Å²) in [5.74, 6) is 0.136. The summed E-state index contributed by atoms with van der Waals surface area (Å²) >= 11 is 0. The summed E-state index contributed by atoms with van der Waals surface area (Å²) in [6.07, 6.45) is 12.8. The SMILES string of the molecule is O=C1C=CC2(CCCC2)c2c(O)c3c(c(O)c21)CC=CC3. The molecule has 0 saturated heterocycles. The number of allylic oxidation sites excluding steroid dienone is 4. The number of hydrogen-bond donors (Lipinski definition) is 2. The van der Waals surface area contributed by atoms with Gasteiger partial charge in [0, 0.05) is 22.1 Å². The highest BCUT2D eigenvalue weighted by molar-refractivity contribution is 6.10. The second kappa shape index (κ2) is 4.23. The number of fused-ring (bicyclic) bond motifs is 3. The second-order valence-corrected chi connectivity index (χ2v) is 6.34. The van der Waals surface area contributed by atoms with Crippen LogP contribution in [0.25, 0.3) is 0 Å². The van der Waals surface area contributed by atoms with Gasteiger partial charge in [-0.05, 0) is 31.8 Å². The van der Waals surface area contributed by atoms with Crippen molar-refractivity contribution in [3.63, 3.8) is 0 Å². The van der Waals surface area contributed by atoms with Gasteiger partial charge < -0.3 is 10.2 Å². The Labute approximate surface area is 123 Å². The summed E-state index contributed by atoms with van der Waals surface area (Å²) in [6, 6.07) is 0. The number of aromatic hydroxyl groups is 2. The number of benzene rings is 1. The molecule has 0 amide bonds. The van der Waals surface area contributed by atoms with Crippen molar-refractivity contribution >= 4 is 5.78 Å². The van der Waals surface area contributed by atoms with Gasteiger partial charge in [-0.2, -0.15) is 0 Å². The molecule has 0 aromatic heterocycles. The van der Waals surface area contributed by atoms with Gasteiger partial charge in [0.25, 0.3) is 0 Å². The van der Waals surface area contributed by atoms with Crippen LogP contribution < -0.4 is 0 Å². The normalized spacial score (nSPS) is 21.6. The van der Waals surface area contributed by atoms with E-state index in [0.29, 0.717) is 29.5 Å². The number of carbonyl (C=O) groups excluding carboxylic acids is 1. The average molecular weight is 282 g/mol. The van der Waals surface area contributed by atoms with Crippen molar-refractivity contribution in [1.29, 1.82) is 0 Å². The van der Waals surface area contributed by atoms with Gasteiger partial charge in [-0.25, -0.2) is 0 Å². The first-order valence-corrected chi connectivity index (χ1v) is 7.63. The van der Waals surface area contributed by atoms with E-state index in [1.165, 1.54) is 0 Å². The topological polar surface area (TPSA) is 57.5 Å². The standard InChI is InChI=1S/C18H18O3/c19-13-7-10-18(8-3-4-9-18)15-14(13)16(20)11-5-1-2-6-12(11)17(15)21/h1-2,7,10,20-21H,3-6,8-9H2. The molecule has 1 aromatic carbocycles. The van der Waals surface area contributed by atoms with E-state index < -0.39 is 0 Å². The Morgan fingerprint density at radius 2 is 1.57 bits per heavy atom. The Balaban J connectivity index is 2.06. The van der Waals surface area contributed by atoms with Crippen molar-refractivity contribution in [3.8, 4) is 11.5 Å². The van der Waals surface area contributed by atoms with Crippen LogP contribution in [0.1, 0.15) is 52.7 Å². The predicted molar refractivity (Wildman–Crippen MR) is 79.9 cm³/mol. The van der Waals surface area contributed by atoms with Crippen LogP contribution in [-0.2, 0) is 18.3 Å². The van der Waals surface area contributed by atoms with E-state index in [0.717, 1.165) is 31.2 Å². The van der Waals surface area contributed by atoms with Crippen LogP contribution in [0.5, 0.6) is 11.5 Å². The minimum Gasteiger partial charge on any atom is -0.507 e. The quantitative estimate of drug-likeness (QED) is 0.567. The van der Waals surface area contributed by atoms with Crippen LogP contribution in [0.2, 0.25) is 0 Å². The van der Waals surface area contributed by atoms with E-state index >= 15 is 0 Å². The van der Waals surface area contributed by atoms with Crippen molar-refractivity contribution in [2.24, 2.45) is 0 Å². The number of phenols is 2. The molecule has 4 rings (SSSR count). The van der Waals surface area contributed by atoms with E-state index in [-0.39, 0.29) is 22.7 Å². The summed E-state index contributed by atoms with van der Waals surface area (Å²) < 4.78 is 0. The van der Waals surface area contributed by atoms with E-state index in [1.807, 2.05) is 18.2 Å². The number of ketones is 1. The van der Waals surface area contributed by atoms with Crippen LogP contribution in [0.4, 0.5) is 0 Å². The maximum Gasteiger partial charge on any atom is 0.189 e. The molecule has 0 unspecified atom stereocenters. The molecular weight excluding hydrogens is 264 g/mol. The van der Waals surface area contributed by atoms with Crippen LogP contribution in [0.15, 0.2) is 24.3 Å². The molecule has 1 spiro atoms. The maximum absolute atomic E-state index is 12.3. The molecule has 3 aliphatic carbocycles. The summed E-state index contributed by atoms with van der Waals surface area (Å²) in [5.41, 5.74) is 2.26. The molecule has 3 nitrogen and oxygen atoms in total. The van der Waals surface area contributed by atoms with Crippen molar-refractivity contribution in [1.82, 2.24) is 0 Å². The number of hydrogen-bond acceptors (Lipinski definition) is 3. The fraction of sp³-hybridized carbons (Fsp3) is 0.389. The Hall–Kier alpha value is -2.03. The smallest absolute Gasteiger partial charge is 0.189 e. The molecule has 0 bridgehead atoms. The van der Waals surface area contributed by atoms with Gasteiger partial charge in [0.1, 0.15) is 11.5 Å². The summed E-state index contributed by atoms with van der Waals surface area (Å²) in [4.78, 5) is 12.3. The molecule has 3 heteroatoms. The van der Waals surface area contributed by atoms with Crippen LogP contribution in [-0.4, -0.2) is 16.0 Å². The molecule has 0 radical (unpaired) electrons. The van der Waals surface area contributed by atoms with Gasteiger partial charge >= 0.3 is 0 Å². The molecule has 1 aromatic rings. The van der Waals surface area contributed by atoms with Gasteiger partial charge in [-0.15, -0.1) is 0 Å². The highest BCUT2D eigenvalue weighted by Crippen LogP contribution is 2.53. The minimum absolute atomic E-state index is 0.0859. The second-order valence-electron chi connectivity index (χ2n) is 6.34. The first-order chi connectivity index (χ1) is 10.1. The first-order valence-electron chi connectivity index (χ1n) is 7.63. The zero-order valence-corrected chi connectivity index (χ0v) is 11.9. The van der Waals surface area contributed by atoms with Gasteiger partial charge in [-0.3, -0.25) is 4.79 Å². The molecule has 0 heterocycles. The highest BCUT2D eigenvalue weighted by atomic mass is 16.3. The summed E-state index contributed by atoms with van der Waals surface area (Å²) in [6.45, 7) is 0. The van der Waals surface area contributed by atoms with Gasteiger partial charge in [-0.1, -0.05) is 31.1 Å². The lowest BCUT2D eigenvalue weighted by atomic mass is 9.70. The van der Waals surface area contributed by atoms with Crippen LogP contribution in [0, 0.1) is 0 Å².